The molecule has 0 aliphatic heterocycles. The molecule has 0 radical (unpaired) electrons. The van der Waals surface area contributed by atoms with Crippen molar-refractivity contribution in [3.05, 3.63) is 0 Å². The molecule has 0 heterocycles. The van der Waals surface area contributed by atoms with Crippen molar-refractivity contribution < 1.29 is 56.2 Å². The standard InChI is InChI=1S/C18H38O6S.Na/c1-2-3-4-5-6-7-8-9-10-11-12-13-14-22-15-16-23-17-18-24-25(19,20)21;/h2-18H2,1H3,(H,19,20,21);/q;+1/p-1. The molecule has 0 bridgehead atoms. The van der Waals surface area contributed by atoms with Crippen LogP contribution in [0.4, 0.5) is 0 Å². The van der Waals surface area contributed by atoms with Crippen LogP contribution in [0.1, 0.15) is 84.0 Å². The van der Waals surface area contributed by atoms with Crippen molar-refractivity contribution in [3.8, 4) is 0 Å². The third-order valence-corrected chi connectivity index (χ3v) is 4.42. The van der Waals surface area contributed by atoms with Crippen molar-refractivity contribution in [3.63, 3.8) is 0 Å². The Kier molecular flexibility index (Phi) is 24.6. The van der Waals surface area contributed by atoms with Crippen LogP contribution in [0.5, 0.6) is 0 Å². The second-order valence-corrected chi connectivity index (χ2v) is 7.40. The predicted octanol–water partition coefficient (Wildman–Crippen LogP) is 1.20. The smallest absolute Gasteiger partial charge is 0.726 e. The van der Waals surface area contributed by atoms with Crippen LogP contribution in [0.25, 0.3) is 0 Å². The minimum atomic E-state index is -4.61. The fourth-order valence-electron chi connectivity index (χ4n) is 2.56. The van der Waals surface area contributed by atoms with E-state index in [1.54, 1.807) is 0 Å². The molecule has 26 heavy (non-hydrogen) atoms. The van der Waals surface area contributed by atoms with E-state index in [1.165, 1.54) is 70.6 Å². The van der Waals surface area contributed by atoms with E-state index in [0.29, 0.717) is 13.2 Å². The van der Waals surface area contributed by atoms with Crippen molar-refractivity contribution in [2.45, 2.75) is 84.0 Å². The molecule has 6 nitrogen and oxygen atoms in total. The summed E-state index contributed by atoms with van der Waals surface area (Å²) >= 11 is 0. The van der Waals surface area contributed by atoms with Crippen LogP contribution < -0.4 is 29.6 Å². The van der Waals surface area contributed by atoms with Gasteiger partial charge in [-0.3, -0.25) is 4.18 Å². The normalized spacial score (nSPS) is 11.5. The molecular weight excluding hydrogens is 367 g/mol. The summed E-state index contributed by atoms with van der Waals surface area (Å²) in [6, 6.07) is 0. The van der Waals surface area contributed by atoms with Crippen LogP contribution in [0.2, 0.25) is 0 Å². The van der Waals surface area contributed by atoms with Crippen LogP contribution in [0.3, 0.4) is 0 Å². The molecule has 0 aromatic carbocycles. The van der Waals surface area contributed by atoms with Gasteiger partial charge in [-0.2, -0.15) is 0 Å². The molecule has 0 aliphatic rings. The molecule has 0 saturated carbocycles. The summed E-state index contributed by atoms with van der Waals surface area (Å²) in [5.41, 5.74) is 0. The number of rotatable bonds is 20. The molecular formula is C18H37NaO6S. The van der Waals surface area contributed by atoms with Gasteiger partial charge in [0.2, 0.25) is 10.4 Å². The molecule has 8 heteroatoms. The summed E-state index contributed by atoms with van der Waals surface area (Å²) in [7, 11) is -4.61. The molecule has 0 rings (SSSR count). The van der Waals surface area contributed by atoms with Gasteiger partial charge in [-0.1, -0.05) is 77.6 Å². The van der Waals surface area contributed by atoms with E-state index < -0.39 is 10.4 Å². The zero-order chi connectivity index (χ0) is 18.6. The Balaban J connectivity index is 0. The third kappa shape index (κ3) is 27.0. The number of ether oxygens (including phenoxy) is 2. The van der Waals surface area contributed by atoms with E-state index in [1.807, 2.05) is 0 Å². The monoisotopic (exact) mass is 404 g/mol. The molecule has 0 fully saturated rings. The molecule has 0 amide bonds. The van der Waals surface area contributed by atoms with Crippen LogP contribution in [-0.4, -0.2) is 46.0 Å². The van der Waals surface area contributed by atoms with Gasteiger partial charge in [-0.05, 0) is 6.42 Å². The quantitative estimate of drug-likeness (QED) is 0.131. The van der Waals surface area contributed by atoms with Gasteiger partial charge < -0.3 is 14.0 Å². The van der Waals surface area contributed by atoms with Crippen LogP contribution in [0, 0.1) is 0 Å². The number of hydrogen-bond acceptors (Lipinski definition) is 6. The molecule has 0 spiro atoms. The average Bonchev–Trinajstić information content (AvgIpc) is 2.56. The summed E-state index contributed by atoms with van der Waals surface area (Å²) in [6.07, 6.45) is 15.9. The van der Waals surface area contributed by atoms with Gasteiger partial charge >= 0.3 is 29.6 Å². The minimum absolute atomic E-state index is 0. The van der Waals surface area contributed by atoms with Crippen molar-refractivity contribution in [1.29, 1.82) is 0 Å². The van der Waals surface area contributed by atoms with Gasteiger partial charge in [0.25, 0.3) is 0 Å². The van der Waals surface area contributed by atoms with Crippen LogP contribution in [0.15, 0.2) is 0 Å². The Morgan fingerprint density at radius 1 is 0.615 bits per heavy atom. The van der Waals surface area contributed by atoms with E-state index >= 15 is 0 Å². The van der Waals surface area contributed by atoms with Gasteiger partial charge in [0, 0.05) is 6.61 Å². The molecule has 152 valence electrons. The first-order valence-corrected chi connectivity index (χ1v) is 11.2. The maximum absolute atomic E-state index is 10.2. The van der Waals surface area contributed by atoms with Crippen LogP contribution >= 0.6 is 0 Å². The summed E-state index contributed by atoms with van der Waals surface area (Å²) in [6.45, 7) is 3.66. The van der Waals surface area contributed by atoms with Crippen molar-refractivity contribution in [1.82, 2.24) is 0 Å². The molecule has 0 aliphatic carbocycles. The van der Waals surface area contributed by atoms with E-state index in [2.05, 4.69) is 11.1 Å². The van der Waals surface area contributed by atoms with Crippen molar-refractivity contribution in [2.75, 3.05) is 33.0 Å². The fraction of sp³-hybridized carbons (Fsp3) is 1.00. The second-order valence-electron chi connectivity index (χ2n) is 6.34. The minimum Gasteiger partial charge on any atom is -0.726 e. The van der Waals surface area contributed by atoms with E-state index in [-0.39, 0.29) is 42.8 Å². The summed E-state index contributed by atoms with van der Waals surface area (Å²) < 4.78 is 45.0. The maximum Gasteiger partial charge on any atom is 1.00 e. The van der Waals surface area contributed by atoms with Gasteiger partial charge in [-0.25, -0.2) is 8.42 Å². The molecule has 0 unspecified atom stereocenters. The molecule has 0 saturated heterocycles. The largest absolute Gasteiger partial charge is 1.00 e. The Labute approximate surface area is 183 Å². The van der Waals surface area contributed by atoms with Crippen LogP contribution in [-0.2, 0) is 24.1 Å². The predicted molar refractivity (Wildman–Crippen MR) is 98.4 cm³/mol. The van der Waals surface area contributed by atoms with Gasteiger partial charge in [0.1, 0.15) is 0 Å². The Hall–Kier alpha value is 0.790. The summed E-state index contributed by atoms with van der Waals surface area (Å²) in [4.78, 5) is 0. The zero-order valence-electron chi connectivity index (χ0n) is 16.9. The van der Waals surface area contributed by atoms with Gasteiger partial charge in [0.05, 0.1) is 26.4 Å². The zero-order valence-corrected chi connectivity index (χ0v) is 19.7. The van der Waals surface area contributed by atoms with E-state index in [0.717, 1.165) is 13.0 Å². The summed E-state index contributed by atoms with van der Waals surface area (Å²) in [5.74, 6) is 0. The van der Waals surface area contributed by atoms with Gasteiger partial charge in [-0.15, -0.1) is 0 Å². The summed E-state index contributed by atoms with van der Waals surface area (Å²) in [5, 5.41) is 0. The van der Waals surface area contributed by atoms with E-state index in [9.17, 15) is 13.0 Å². The Bertz CT molecular complexity index is 365. The maximum atomic E-state index is 10.2. The van der Waals surface area contributed by atoms with E-state index in [4.69, 9.17) is 9.47 Å². The second kappa shape index (κ2) is 22.1. The number of hydrogen-bond donors (Lipinski definition) is 0. The van der Waals surface area contributed by atoms with Crippen molar-refractivity contribution >= 4 is 10.4 Å². The third-order valence-electron chi connectivity index (χ3n) is 3.97. The SMILES string of the molecule is CCCCCCCCCCCCCCOCCOCCOS(=O)(=O)[O-].[Na+]. The van der Waals surface area contributed by atoms with Crippen molar-refractivity contribution in [2.24, 2.45) is 0 Å². The molecule has 0 aromatic rings. The molecule has 0 atom stereocenters. The first-order chi connectivity index (χ1) is 12.1. The van der Waals surface area contributed by atoms with Gasteiger partial charge in [0.15, 0.2) is 0 Å². The molecule has 0 aromatic heterocycles. The average molecular weight is 405 g/mol. The first-order valence-electron chi connectivity index (χ1n) is 9.82. The number of unbranched alkanes of at least 4 members (excludes halogenated alkanes) is 11. The first kappa shape index (κ1) is 29.0. The fourth-order valence-corrected chi connectivity index (χ4v) is 2.83. The topological polar surface area (TPSA) is 84.9 Å². The molecule has 0 N–H and O–H groups in total. The Morgan fingerprint density at radius 3 is 1.46 bits per heavy atom. The Morgan fingerprint density at radius 2 is 1.00 bits per heavy atom.